The van der Waals surface area contributed by atoms with Crippen LogP contribution in [0.15, 0.2) is 52.4 Å². The van der Waals surface area contributed by atoms with Crippen LogP contribution in [0.4, 0.5) is 5.13 Å². The smallest absolute Gasteiger partial charge is 0.227 e. The van der Waals surface area contributed by atoms with Crippen molar-refractivity contribution in [1.82, 2.24) is 15.1 Å². The Hall–Kier alpha value is -3.72. The lowest BCUT2D eigenvalue weighted by Crippen LogP contribution is -2.12. The molecular weight excluding hydrogens is 428 g/mol. The van der Waals surface area contributed by atoms with Crippen LogP contribution in [-0.4, -0.2) is 35.3 Å². The van der Waals surface area contributed by atoms with E-state index in [1.54, 1.807) is 20.3 Å². The molecule has 32 heavy (non-hydrogen) atoms. The first-order valence-electron chi connectivity index (χ1n) is 9.93. The minimum atomic E-state index is -0.178. The Morgan fingerprint density at radius 3 is 2.66 bits per heavy atom. The molecule has 164 valence electrons. The number of anilines is 1. The summed E-state index contributed by atoms with van der Waals surface area (Å²) in [7, 11) is 3.19. The van der Waals surface area contributed by atoms with Gasteiger partial charge in [-0.15, -0.1) is 11.3 Å². The highest BCUT2D eigenvalue weighted by molar-refractivity contribution is 7.14. The quantitative estimate of drug-likeness (QED) is 0.413. The number of hydrogen-bond acceptors (Lipinski definition) is 8. The van der Waals surface area contributed by atoms with Crippen molar-refractivity contribution in [3.05, 3.63) is 59.3 Å². The van der Waals surface area contributed by atoms with Crippen LogP contribution in [-0.2, 0) is 11.2 Å². The molecule has 0 saturated carbocycles. The second-order valence-corrected chi connectivity index (χ2v) is 7.89. The van der Waals surface area contributed by atoms with E-state index in [-0.39, 0.29) is 12.3 Å². The normalized spacial score (nSPS) is 10.7. The van der Waals surface area contributed by atoms with Gasteiger partial charge in [0, 0.05) is 35.4 Å². The topological polar surface area (TPSA) is 99.4 Å². The number of aromatic nitrogens is 3. The lowest BCUT2D eigenvalue weighted by atomic mass is 10.1. The predicted octanol–water partition coefficient (Wildman–Crippen LogP) is 4.76. The SMILES string of the molecule is COc1ccc(-c2csc(NC(=O)CCc3nc(-c4ccc(C)cc4)no3)n2)c(OC)c1. The van der Waals surface area contributed by atoms with Gasteiger partial charge in [-0.1, -0.05) is 35.0 Å². The van der Waals surface area contributed by atoms with Crippen LogP contribution in [0.1, 0.15) is 17.9 Å². The average molecular weight is 451 g/mol. The number of nitrogens with one attached hydrogen (secondary N) is 1. The largest absolute Gasteiger partial charge is 0.497 e. The maximum absolute atomic E-state index is 12.4. The van der Waals surface area contributed by atoms with Crippen LogP contribution >= 0.6 is 11.3 Å². The molecule has 1 amide bonds. The summed E-state index contributed by atoms with van der Waals surface area (Å²) < 4.78 is 15.9. The number of thiazole rings is 1. The van der Waals surface area contributed by atoms with Gasteiger partial charge in [-0.2, -0.15) is 4.98 Å². The summed E-state index contributed by atoms with van der Waals surface area (Å²) in [5.74, 6) is 2.09. The summed E-state index contributed by atoms with van der Waals surface area (Å²) in [5, 5.41) is 9.19. The Labute approximate surface area is 189 Å². The first-order valence-corrected chi connectivity index (χ1v) is 10.8. The van der Waals surface area contributed by atoms with E-state index < -0.39 is 0 Å². The van der Waals surface area contributed by atoms with Crippen molar-refractivity contribution >= 4 is 22.4 Å². The number of hydrogen-bond donors (Lipinski definition) is 1. The molecule has 8 nitrogen and oxygen atoms in total. The number of benzene rings is 2. The van der Waals surface area contributed by atoms with Crippen molar-refractivity contribution in [2.24, 2.45) is 0 Å². The molecule has 9 heteroatoms. The third-order valence-electron chi connectivity index (χ3n) is 4.78. The lowest BCUT2D eigenvalue weighted by molar-refractivity contribution is -0.116. The Balaban J connectivity index is 1.36. The third kappa shape index (κ3) is 4.94. The van der Waals surface area contributed by atoms with Crippen molar-refractivity contribution in [3.8, 4) is 34.1 Å². The Morgan fingerprint density at radius 1 is 1.09 bits per heavy atom. The van der Waals surface area contributed by atoms with E-state index in [9.17, 15) is 4.79 Å². The number of nitrogens with zero attached hydrogens (tertiary/aromatic N) is 3. The third-order valence-corrected chi connectivity index (χ3v) is 5.54. The Kier molecular flexibility index (Phi) is 6.46. The molecule has 0 atom stereocenters. The lowest BCUT2D eigenvalue weighted by Gasteiger charge is -2.08. The van der Waals surface area contributed by atoms with Gasteiger partial charge in [-0.25, -0.2) is 4.98 Å². The van der Waals surface area contributed by atoms with Crippen molar-refractivity contribution in [2.75, 3.05) is 19.5 Å². The van der Waals surface area contributed by atoms with E-state index in [0.29, 0.717) is 40.5 Å². The zero-order valence-corrected chi connectivity index (χ0v) is 18.7. The number of rotatable bonds is 8. The first-order chi connectivity index (χ1) is 15.6. The van der Waals surface area contributed by atoms with Gasteiger partial charge in [0.25, 0.3) is 0 Å². The van der Waals surface area contributed by atoms with Crippen molar-refractivity contribution < 1.29 is 18.8 Å². The average Bonchev–Trinajstić information content (AvgIpc) is 3.47. The number of methoxy groups -OCH3 is 2. The molecule has 2 aromatic heterocycles. The summed E-state index contributed by atoms with van der Waals surface area (Å²) in [4.78, 5) is 21.3. The van der Waals surface area contributed by atoms with Crippen molar-refractivity contribution in [2.45, 2.75) is 19.8 Å². The molecule has 0 unspecified atom stereocenters. The van der Waals surface area contributed by atoms with Gasteiger partial charge in [0.1, 0.15) is 11.5 Å². The molecule has 2 aromatic carbocycles. The highest BCUT2D eigenvalue weighted by atomic mass is 32.1. The second kappa shape index (κ2) is 9.61. The minimum Gasteiger partial charge on any atom is -0.497 e. The number of aryl methyl sites for hydroxylation is 2. The van der Waals surface area contributed by atoms with Gasteiger partial charge in [-0.3, -0.25) is 4.79 Å². The number of carbonyl (C=O) groups excluding carboxylic acids is 1. The standard InChI is InChI=1S/C23H22N4O4S/c1-14-4-6-15(7-5-14)22-26-21(31-27-22)11-10-20(28)25-23-24-18(13-32-23)17-9-8-16(29-2)12-19(17)30-3/h4-9,12-13H,10-11H2,1-3H3,(H,24,25,28). The molecule has 1 N–H and O–H groups in total. The number of amides is 1. The van der Waals surface area contributed by atoms with E-state index >= 15 is 0 Å². The van der Waals surface area contributed by atoms with Crippen molar-refractivity contribution in [1.29, 1.82) is 0 Å². The van der Waals surface area contributed by atoms with Gasteiger partial charge in [-0.05, 0) is 19.1 Å². The van der Waals surface area contributed by atoms with Gasteiger partial charge < -0.3 is 19.3 Å². The summed E-state index contributed by atoms with van der Waals surface area (Å²) in [6.45, 7) is 2.02. The van der Waals surface area contributed by atoms with Crippen LogP contribution in [0.25, 0.3) is 22.6 Å². The van der Waals surface area contributed by atoms with Gasteiger partial charge >= 0.3 is 0 Å². The molecular formula is C23H22N4O4S. The van der Waals surface area contributed by atoms with Gasteiger partial charge in [0.15, 0.2) is 5.13 Å². The molecule has 0 radical (unpaired) electrons. The number of carbonyl (C=O) groups is 1. The minimum absolute atomic E-state index is 0.178. The molecule has 0 aliphatic carbocycles. The summed E-state index contributed by atoms with van der Waals surface area (Å²) in [6.07, 6.45) is 0.547. The molecule has 0 aliphatic rings. The maximum Gasteiger partial charge on any atom is 0.227 e. The molecule has 0 spiro atoms. The second-order valence-electron chi connectivity index (χ2n) is 7.03. The fraction of sp³-hybridized carbons (Fsp3) is 0.217. The van der Waals surface area contributed by atoms with E-state index in [0.717, 1.165) is 16.7 Å². The molecule has 0 saturated heterocycles. The summed E-state index contributed by atoms with van der Waals surface area (Å²) in [5.41, 5.74) is 3.56. The zero-order chi connectivity index (χ0) is 22.5. The molecule has 0 fully saturated rings. The highest BCUT2D eigenvalue weighted by Crippen LogP contribution is 2.34. The Bertz CT molecular complexity index is 1220. The van der Waals surface area contributed by atoms with Crippen LogP contribution in [0.5, 0.6) is 11.5 Å². The molecule has 2 heterocycles. The van der Waals surface area contributed by atoms with Crippen LogP contribution in [0.3, 0.4) is 0 Å². The van der Waals surface area contributed by atoms with E-state index in [1.807, 2.05) is 48.7 Å². The number of ether oxygens (including phenoxy) is 2. The fourth-order valence-electron chi connectivity index (χ4n) is 3.04. The molecule has 0 aliphatic heterocycles. The van der Waals surface area contributed by atoms with E-state index in [2.05, 4.69) is 20.4 Å². The summed E-state index contributed by atoms with van der Waals surface area (Å²) >= 11 is 1.34. The van der Waals surface area contributed by atoms with Gasteiger partial charge in [0.2, 0.25) is 17.6 Å². The van der Waals surface area contributed by atoms with E-state index in [4.69, 9.17) is 14.0 Å². The van der Waals surface area contributed by atoms with Crippen molar-refractivity contribution in [3.63, 3.8) is 0 Å². The predicted molar refractivity (Wildman–Crippen MR) is 122 cm³/mol. The summed E-state index contributed by atoms with van der Waals surface area (Å²) in [6, 6.07) is 13.4. The molecule has 0 bridgehead atoms. The van der Waals surface area contributed by atoms with Crippen LogP contribution in [0.2, 0.25) is 0 Å². The monoisotopic (exact) mass is 450 g/mol. The van der Waals surface area contributed by atoms with E-state index in [1.165, 1.54) is 11.3 Å². The Morgan fingerprint density at radius 2 is 1.91 bits per heavy atom. The fourth-order valence-corrected chi connectivity index (χ4v) is 3.77. The maximum atomic E-state index is 12.4. The zero-order valence-electron chi connectivity index (χ0n) is 17.9. The molecule has 4 aromatic rings. The molecule has 4 rings (SSSR count). The highest BCUT2D eigenvalue weighted by Gasteiger charge is 2.14. The first kappa shape index (κ1) is 21.5. The van der Waals surface area contributed by atoms with Gasteiger partial charge in [0.05, 0.1) is 19.9 Å². The van der Waals surface area contributed by atoms with Crippen LogP contribution in [0, 0.1) is 6.92 Å². The van der Waals surface area contributed by atoms with Crippen LogP contribution < -0.4 is 14.8 Å².